The Morgan fingerprint density at radius 3 is 2.38 bits per heavy atom. The number of nitrogens with zero attached hydrogens (tertiary/aromatic N) is 3. The molecule has 6 heteroatoms. The van der Waals surface area contributed by atoms with Gasteiger partial charge in [-0.3, -0.25) is 14.7 Å². The van der Waals surface area contributed by atoms with Gasteiger partial charge in [-0.25, -0.2) is 4.98 Å². The Balaban J connectivity index is 1.44. The third kappa shape index (κ3) is 4.69. The summed E-state index contributed by atoms with van der Waals surface area (Å²) in [6.07, 6.45) is 0.485. The zero-order valence-corrected chi connectivity index (χ0v) is 17.3. The van der Waals surface area contributed by atoms with Gasteiger partial charge in [0, 0.05) is 49.7 Å². The highest BCUT2D eigenvalue weighted by atomic mass is 35.5. The maximum Gasteiger partial charge on any atom is 0.256 e. The number of nitrogens with one attached hydrogen (secondary N) is 1. The van der Waals surface area contributed by atoms with Crippen LogP contribution < -0.4 is 10.5 Å². The van der Waals surface area contributed by atoms with Crippen molar-refractivity contribution in [3.8, 4) is 0 Å². The summed E-state index contributed by atoms with van der Waals surface area (Å²) < 4.78 is 0. The van der Waals surface area contributed by atoms with Gasteiger partial charge in [-0.05, 0) is 24.1 Å². The standard InChI is InChI=1S/C23H25ClN4O/c1-17-20(15-19-9-5-6-10-21(19)24)22(29)26-23(25-17)28-13-11-27(12-14-28)16-18-7-3-2-4-8-18/h2-10H,11-16H2,1H3,(H,25,26,29). The van der Waals surface area contributed by atoms with E-state index in [0.29, 0.717) is 23.0 Å². The number of H-pyrrole nitrogens is 1. The Hall–Kier alpha value is -2.63. The number of rotatable bonds is 5. The Labute approximate surface area is 176 Å². The number of aromatic nitrogens is 2. The lowest BCUT2D eigenvalue weighted by Crippen LogP contribution is -2.47. The predicted molar refractivity (Wildman–Crippen MR) is 118 cm³/mol. The first-order valence-corrected chi connectivity index (χ1v) is 10.3. The Kier molecular flexibility index (Phi) is 5.97. The Bertz CT molecular complexity index is 1030. The van der Waals surface area contributed by atoms with Crippen LogP contribution in [0.2, 0.25) is 5.02 Å². The van der Waals surface area contributed by atoms with Crippen LogP contribution >= 0.6 is 11.6 Å². The van der Waals surface area contributed by atoms with E-state index in [1.165, 1.54) is 5.56 Å². The summed E-state index contributed by atoms with van der Waals surface area (Å²) in [5, 5.41) is 0.671. The zero-order valence-electron chi connectivity index (χ0n) is 16.6. The molecule has 0 atom stereocenters. The average molecular weight is 409 g/mol. The second kappa shape index (κ2) is 8.80. The number of halogens is 1. The molecule has 1 saturated heterocycles. The summed E-state index contributed by atoms with van der Waals surface area (Å²) in [4.78, 5) is 25.0. The maximum absolute atomic E-state index is 12.7. The van der Waals surface area contributed by atoms with E-state index in [1.54, 1.807) is 0 Å². The number of benzene rings is 2. The summed E-state index contributed by atoms with van der Waals surface area (Å²) >= 11 is 6.26. The number of anilines is 1. The molecule has 1 aliphatic heterocycles. The van der Waals surface area contributed by atoms with Gasteiger partial charge >= 0.3 is 0 Å². The quantitative estimate of drug-likeness (QED) is 0.700. The van der Waals surface area contributed by atoms with Crippen LogP contribution in [0.4, 0.5) is 5.95 Å². The van der Waals surface area contributed by atoms with Crippen molar-refractivity contribution in [3.63, 3.8) is 0 Å². The molecule has 2 aromatic carbocycles. The molecule has 5 nitrogen and oxygen atoms in total. The lowest BCUT2D eigenvalue weighted by atomic mass is 10.1. The minimum Gasteiger partial charge on any atom is -0.340 e. The SMILES string of the molecule is Cc1nc(N2CCN(Cc3ccccc3)CC2)[nH]c(=O)c1Cc1ccccc1Cl. The number of aromatic amines is 1. The van der Waals surface area contributed by atoms with Gasteiger partial charge in [-0.15, -0.1) is 0 Å². The van der Waals surface area contributed by atoms with Crippen LogP contribution in [-0.4, -0.2) is 41.0 Å². The minimum absolute atomic E-state index is 0.0841. The van der Waals surface area contributed by atoms with E-state index in [2.05, 4.69) is 39.0 Å². The third-order valence-electron chi connectivity index (χ3n) is 5.46. The Morgan fingerprint density at radius 2 is 1.69 bits per heavy atom. The lowest BCUT2D eigenvalue weighted by Gasteiger charge is -2.35. The van der Waals surface area contributed by atoms with Gasteiger partial charge in [-0.1, -0.05) is 60.1 Å². The van der Waals surface area contributed by atoms with Crippen molar-refractivity contribution < 1.29 is 0 Å². The molecule has 0 amide bonds. The van der Waals surface area contributed by atoms with E-state index in [4.69, 9.17) is 16.6 Å². The van der Waals surface area contributed by atoms with Gasteiger partial charge in [0.1, 0.15) is 0 Å². The molecule has 3 aromatic rings. The minimum atomic E-state index is -0.0841. The van der Waals surface area contributed by atoms with Crippen molar-refractivity contribution in [3.05, 3.63) is 92.4 Å². The van der Waals surface area contributed by atoms with Gasteiger partial charge < -0.3 is 4.90 Å². The molecule has 0 radical (unpaired) electrons. The third-order valence-corrected chi connectivity index (χ3v) is 5.82. The summed E-state index contributed by atoms with van der Waals surface area (Å²) in [5.41, 5.74) is 3.61. The maximum atomic E-state index is 12.7. The zero-order chi connectivity index (χ0) is 20.2. The summed E-state index contributed by atoms with van der Waals surface area (Å²) in [7, 11) is 0. The monoisotopic (exact) mass is 408 g/mol. The highest BCUT2D eigenvalue weighted by Gasteiger charge is 2.20. The number of aryl methyl sites for hydroxylation is 1. The van der Waals surface area contributed by atoms with Crippen LogP contribution in [0.25, 0.3) is 0 Å². The molecule has 150 valence electrons. The molecule has 29 heavy (non-hydrogen) atoms. The molecule has 4 rings (SSSR count). The first-order valence-electron chi connectivity index (χ1n) is 9.94. The molecular weight excluding hydrogens is 384 g/mol. The van der Waals surface area contributed by atoms with Crippen LogP contribution in [0.3, 0.4) is 0 Å². The van der Waals surface area contributed by atoms with Crippen molar-refractivity contribution in [1.29, 1.82) is 0 Å². The van der Waals surface area contributed by atoms with Gasteiger partial charge in [0.15, 0.2) is 0 Å². The fourth-order valence-corrected chi connectivity index (χ4v) is 3.95. The molecule has 0 aliphatic carbocycles. The van der Waals surface area contributed by atoms with Crippen molar-refractivity contribution in [1.82, 2.24) is 14.9 Å². The van der Waals surface area contributed by atoms with E-state index in [1.807, 2.05) is 37.3 Å². The smallest absolute Gasteiger partial charge is 0.256 e. The molecule has 0 unspecified atom stereocenters. The van der Waals surface area contributed by atoms with E-state index < -0.39 is 0 Å². The van der Waals surface area contributed by atoms with Crippen molar-refractivity contribution in [2.24, 2.45) is 0 Å². The van der Waals surface area contributed by atoms with Crippen LogP contribution in [0.1, 0.15) is 22.4 Å². The molecule has 0 bridgehead atoms. The van der Waals surface area contributed by atoms with Crippen molar-refractivity contribution in [2.45, 2.75) is 19.9 Å². The van der Waals surface area contributed by atoms with Crippen LogP contribution in [0.15, 0.2) is 59.4 Å². The van der Waals surface area contributed by atoms with Gasteiger partial charge in [0.2, 0.25) is 5.95 Å². The first kappa shape index (κ1) is 19.7. The van der Waals surface area contributed by atoms with Crippen LogP contribution in [-0.2, 0) is 13.0 Å². The predicted octanol–water partition coefficient (Wildman–Crippen LogP) is 3.64. The fraction of sp³-hybridized carbons (Fsp3) is 0.304. The molecule has 1 aliphatic rings. The van der Waals surface area contributed by atoms with Gasteiger partial charge in [0.05, 0.1) is 5.69 Å². The summed E-state index contributed by atoms with van der Waals surface area (Å²) in [6.45, 7) is 6.43. The normalized spacial score (nSPS) is 14.9. The lowest BCUT2D eigenvalue weighted by molar-refractivity contribution is 0.248. The molecule has 1 aromatic heterocycles. The largest absolute Gasteiger partial charge is 0.340 e. The second-order valence-corrected chi connectivity index (χ2v) is 7.88. The summed E-state index contributed by atoms with van der Waals surface area (Å²) in [5.74, 6) is 0.662. The van der Waals surface area contributed by atoms with E-state index >= 15 is 0 Å². The average Bonchev–Trinajstić information content (AvgIpc) is 2.73. The second-order valence-electron chi connectivity index (χ2n) is 7.47. The molecule has 1 N–H and O–H groups in total. The molecule has 2 heterocycles. The number of hydrogen-bond donors (Lipinski definition) is 1. The highest BCUT2D eigenvalue weighted by molar-refractivity contribution is 6.31. The van der Waals surface area contributed by atoms with Crippen molar-refractivity contribution >= 4 is 17.5 Å². The van der Waals surface area contributed by atoms with Gasteiger partial charge in [-0.2, -0.15) is 0 Å². The fourth-order valence-electron chi connectivity index (χ4n) is 3.75. The van der Waals surface area contributed by atoms with Crippen molar-refractivity contribution in [2.75, 3.05) is 31.1 Å². The topological polar surface area (TPSA) is 52.2 Å². The summed E-state index contributed by atoms with van der Waals surface area (Å²) in [6, 6.07) is 18.1. The van der Waals surface area contributed by atoms with Crippen LogP contribution in [0.5, 0.6) is 0 Å². The van der Waals surface area contributed by atoms with E-state index in [-0.39, 0.29) is 5.56 Å². The first-order chi connectivity index (χ1) is 14.1. The van der Waals surface area contributed by atoms with Crippen LogP contribution in [0, 0.1) is 6.92 Å². The van der Waals surface area contributed by atoms with E-state index in [0.717, 1.165) is 44.0 Å². The number of piperazine rings is 1. The molecule has 1 fully saturated rings. The molecular formula is C23H25ClN4O. The van der Waals surface area contributed by atoms with E-state index in [9.17, 15) is 4.79 Å². The molecule has 0 saturated carbocycles. The highest BCUT2D eigenvalue weighted by Crippen LogP contribution is 2.20. The Morgan fingerprint density at radius 1 is 1.00 bits per heavy atom. The number of hydrogen-bond acceptors (Lipinski definition) is 4. The molecule has 0 spiro atoms. The van der Waals surface area contributed by atoms with Gasteiger partial charge in [0.25, 0.3) is 5.56 Å².